The van der Waals surface area contributed by atoms with Crippen LogP contribution in [0.15, 0.2) is 6.20 Å². The zero-order valence-electron chi connectivity index (χ0n) is 9.40. The topological polar surface area (TPSA) is 95.1 Å². The first-order valence-electron chi connectivity index (χ1n) is 5.76. The van der Waals surface area contributed by atoms with Gasteiger partial charge in [-0.25, -0.2) is 4.79 Å². The second kappa shape index (κ2) is 4.99. The molecule has 0 aromatic carbocycles. The predicted molar refractivity (Wildman–Crippen MR) is 60.8 cm³/mol. The molecule has 1 amide bonds. The van der Waals surface area contributed by atoms with Crippen molar-refractivity contribution < 1.29 is 14.7 Å². The van der Waals surface area contributed by atoms with Crippen LogP contribution in [0.1, 0.15) is 42.5 Å². The van der Waals surface area contributed by atoms with E-state index < -0.39 is 5.97 Å². The average molecular weight is 237 g/mol. The lowest BCUT2D eigenvalue weighted by atomic mass is 9.89. The van der Waals surface area contributed by atoms with Crippen molar-refractivity contribution in [3.8, 4) is 0 Å². The van der Waals surface area contributed by atoms with Gasteiger partial charge >= 0.3 is 5.97 Å². The number of anilines is 1. The summed E-state index contributed by atoms with van der Waals surface area (Å²) in [6.07, 6.45) is 6.25. The van der Waals surface area contributed by atoms with Crippen LogP contribution in [0.4, 0.5) is 5.82 Å². The van der Waals surface area contributed by atoms with Crippen LogP contribution in [0.5, 0.6) is 0 Å². The number of nitrogens with one attached hydrogen (secondary N) is 2. The molecule has 17 heavy (non-hydrogen) atoms. The van der Waals surface area contributed by atoms with Crippen molar-refractivity contribution in [1.29, 1.82) is 0 Å². The summed E-state index contributed by atoms with van der Waals surface area (Å²) in [5.74, 6) is -1.05. The quantitative estimate of drug-likeness (QED) is 0.744. The van der Waals surface area contributed by atoms with Crippen LogP contribution in [-0.2, 0) is 4.79 Å². The second-order valence-electron chi connectivity index (χ2n) is 4.29. The van der Waals surface area contributed by atoms with Crippen LogP contribution in [0.2, 0.25) is 0 Å². The zero-order valence-corrected chi connectivity index (χ0v) is 9.40. The molecule has 0 saturated heterocycles. The summed E-state index contributed by atoms with van der Waals surface area (Å²) in [6.45, 7) is 0. The average Bonchev–Trinajstić information content (AvgIpc) is 2.78. The molecule has 6 heteroatoms. The Bertz CT molecular complexity index is 421. The molecule has 1 aliphatic rings. The van der Waals surface area contributed by atoms with Crippen LogP contribution in [0, 0.1) is 5.92 Å². The van der Waals surface area contributed by atoms with Crippen molar-refractivity contribution in [1.82, 2.24) is 10.2 Å². The molecule has 6 nitrogen and oxygen atoms in total. The number of carboxylic acids is 1. The van der Waals surface area contributed by atoms with E-state index in [4.69, 9.17) is 5.11 Å². The number of carboxylic acid groups (broad SMARTS) is 1. The number of aromatic carboxylic acids is 1. The molecule has 0 atom stereocenters. The first-order valence-corrected chi connectivity index (χ1v) is 5.76. The lowest BCUT2D eigenvalue weighted by Gasteiger charge is -2.20. The van der Waals surface area contributed by atoms with Gasteiger partial charge in [0, 0.05) is 5.92 Å². The number of hydrogen-bond donors (Lipinski definition) is 3. The van der Waals surface area contributed by atoms with Crippen molar-refractivity contribution in [2.24, 2.45) is 5.92 Å². The first kappa shape index (κ1) is 11.6. The smallest absolute Gasteiger partial charge is 0.341 e. The van der Waals surface area contributed by atoms with E-state index in [1.165, 1.54) is 12.6 Å². The minimum absolute atomic E-state index is 0.00541. The highest BCUT2D eigenvalue weighted by Crippen LogP contribution is 2.25. The monoisotopic (exact) mass is 237 g/mol. The van der Waals surface area contributed by atoms with Crippen molar-refractivity contribution in [2.45, 2.75) is 32.1 Å². The summed E-state index contributed by atoms with van der Waals surface area (Å²) in [5, 5.41) is 17.6. The van der Waals surface area contributed by atoms with E-state index in [-0.39, 0.29) is 23.2 Å². The maximum atomic E-state index is 11.9. The van der Waals surface area contributed by atoms with Gasteiger partial charge in [0.1, 0.15) is 11.4 Å². The maximum absolute atomic E-state index is 11.9. The van der Waals surface area contributed by atoms with Crippen molar-refractivity contribution in [2.75, 3.05) is 5.32 Å². The Kier molecular flexibility index (Phi) is 3.41. The Morgan fingerprint density at radius 1 is 1.35 bits per heavy atom. The molecule has 1 aliphatic carbocycles. The molecule has 0 bridgehead atoms. The Balaban J connectivity index is 2.02. The summed E-state index contributed by atoms with van der Waals surface area (Å²) >= 11 is 0. The van der Waals surface area contributed by atoms with Gasteiger partial charge in [-0.3, -0.25) is 9.89 Å². The third-order valence-electron chi connectivity index (χ3n) is 3.09. The highest BCUT2D eigenvalue weighted by atomic mass is 16.4. The molecule has 0 radical (unpaired) electrons. The van der Waals surface area contributed by atoms with Crippen LogP contribution in [0.25, 0.3) is 0 Å². The molecule has 0 aliphatic heterocycles. The van der Waals surface area contributed by atoms with Gasteiger partial charge < -0.3 is 10.4 Å². The molecule has 1 heterocycles. The predicted octanol–water partition coefficient (Wildman–Crippen LogP) is 1.63. The number of H-pyrrole nitrogens is 1. The largest absolute Gasteiger partial charge is 0.477 e. The molecule has 1 fully saturated rings. The van der Waals surface area contributed by atoms with E-state index in [9.17, 15) is 9.59 Å². The van der Waals surface area contributed by atoms with Gasteiger partial charge in [0.05, 0.1) is 6.20 Å². The zero-order chi connectivity index (χ0) is 12.3. The Labute approximate surface area is 98.4 Å². The van der Waals surface area contributed by atoms with E-state index in [0.717, 1.165) is 25.7 Å². The summed E-state index contributed by atoms with van der Waals surface area (Å²) < 4.78 is 0. The molecule has 1 saturated carbocycles. The lowest BCUT2D eigenvalue weighted by molar-refractivity contribution is -0.120. The fourth-order valence-corrected chi connectivity index (χ4v) is 2.13. The van der Waals surface area contributed by atoms with Crippen LogP contribution in [0.3, 0.4) is 0 Å². The number of nitrogens with zero attached hydrogens (tertiary/aromatic N) is 1. The van der Waals surface area contributed by atoms with Gasteiger partial charge in [-0.05, 0) is 12.8 Å². The fourth-order valence-electron chi connectivity index (χ4n) is 2.13. The third kappa shape index (κ3) is 2.64. The number of amides is 1. The van der Waals surface area contributed by atoms with Crippen LogP contribution in [-0.4, -0.2) is 27.2 Å². The summed E-state index contributed by atoms with van der Waals surface area (Å²) in [7, 11) is 0. The number of hydrogen-bond acceptors (Lipinski definition) is 3. The van der Waals surface area contributed by atoms with E-state index in [2.05, 4.69) is 15.5 Å². The number of aromatic nitrogens is 2. The third-order valence-corrected chi connectivity index (χ3v) is 3.09. The Morgan fingerprint density at radius 2 is 2.06 bits per heavy atom. The van der Waals surface area contributed by atoms with E-state index >= 15 is 0 Å². The molecule has 0 spiro atoms. The number of rotatable bonds is 3. The second-order valence-corrected chi connectivity index (χ2v) is 4.29. The van der Waals surface area contributed by atoms with Crippen molar-refractivity contribution in [3.63, 3.8) is 0 Å². The van der Waals surface area contributed by atoms with Crippen LogP contribution >= 0.6 is 0 Å². The molecule has 1 aromatic heterocycles. The molecule has 1 aromatic rings. The molecule has 3 N–H and O–H groups in total. The normalized spacial score (nSPS) is 16.7. The standard InChI is InChI=1S/C11H15N3O3/c15-10(7-4-2-1-3-5-7)13-9-8(11(16)17)6-12-14-9/h6-7H,1-5H2,(H,16,17)(H2,12,13,14,15). The van der Waals surface area contributed by atoms with Crippen molar-refractivity contribution >= 4 is 17.7 Å². The lowest BCUT2D eigenvalue weighted by Crippen LogP contribution is -2.25. The van der Waals surface area contributed by atoms with Gasteiger partial charge in [0.15, 0.2) is 0 Å². The van der Waals surface area contributed by atoms with E-state index in [1.54, 1.807) is 0 Å². The van der Waals surface area contributed by atoms with Crippen molar-refractivity contribution in [3.05, 3.63) is 11.8 Å². The molecule has 2 rings (SSSR count). The Hall–Kier alpha value is -1.85. The van der Waals surface area contributed by atoms with E-state index in [0.29, 0.717) is 0 Å². The maximum Gasteiger partial charge on any atom is 0.341 e. The molecule has 92 valence electrons. The van der Waals surface area contributed by atoms with Gasteiger partial charge in [-0.1, -0.05) is 19.3 Å². The SMILES string of the molecule is O=C(O)c1cn[nH]c1NC(=O)C1CCCCC1. The van der Waals surface area contributed by atoms with Gasteiger partial charge in [-0.2, -0.15) is 5.10 Å². The number of carbonyl (C=O) groups is 2. The van der Waals surface area contributed by atoms with Gasteiger partial charge in [-0.15, -0.1) is 0 Å². The summed E-state index contributed by atoms with van der Waals surface area (Å²) in [4.78, 5) is 22.7. The molecule has 0 unspecified atom stereocenters. The highest BCUT2D eigenvalue weighted by molar-refractivity contribution is 5.99. The number of carbonyl (C=O) groups excluding carboxylic acids is 1. The van der Waals surface area contributed by atoms with Gasteiger partial charge in [0.25, 0.3) is 0 Å². The van der Waals surface area contributed by atoms with Gasteiger partial charge in [0.2, 0.25) is 5.91 Å². The minimum Gasteiger partial charge on any atom is -0.477 e. The van der Waals surface area contributed by atoms with Crippen LogP contribution < -0.4 is 5.32 Å². The minimum atomic E-state index is -1.10. The summed E-state index contributed by atoms with van der Waals surface area (Å²) in [6, 6.07) is 0. The number of aromatic amines is 1. The summed E-state index contributed by atoms with van der Waals surface area (Å²) in [5.41, 5.74) is -0.00541. The highest BCUT2D eigenvalue weighted by Gasteiger charge is 2.23. The molecular weight excluding hydrogens is 222 g/mol. The Morgan fingerprint density at radius 3 is 2.71 bits per heavy atom. The molecular formula is C11H15N3O3. The fraction of sp³-hybridized carbons (Fsp3) is 0.545. The first-order chi connectivity index (χ1) is 8.18. The van der Waals surface area contributed by atoms with E-state index in [1.807, 2.05) is 0 Å².